The highest BCUT2D eigenvalue weighted by molar-refractivity contribution is 7.14. The van der Waals surface area contributed by atoms with Gasteiger partial charge in [0, 0.05) is 29.5 Å². The standard InChI is InChI=1S/C22H19N3O4S/c1-2-11-29-16-5-3-4-15(13-16)18-17(19(26)14-6-8-23-9-7-14)20(27)21(28)25(18)22-24-10-12-30-22/h3-10,12-13,18,26H,2,11H2,1H3/b19-17+. The lowest BCUT2D eigenvalue weighted by molar-refractivity contribution is -0.132. The fourth-order valence-electron chi connectivity index (χ4n) is 3.34. The van der Waals surface area contributed by atoms with Gasteiger partial charge in [0.1, 0.15) is 11.5 Å². The second-order valence-electron chi connectivity index (χ2n) is 6.64. The van der Waals surface area contributed by atoms with Crippen LogP contribution in [0.3, 0.4) is 0 Å². The van der Waals surface area contributed by atoms with Crippen LogP contribution in [-0.2, 0) is 9.59 Å². The Morgan fingerprint density at radius 3 is 2.70 bits per heavy atom. The highest BCUT2D eigenvalue weighted by atomic mass is 32.1. The van der Waals surface area contributed by atoms with E-state index in [0.717, 1.165) is 6.42 Å². The van der Waals surface area contributed by atoms with E-state index in [1.54, 1.807) is 41.9 Å². The summed E-state index contributed by atoms with van der Waals surface area (Å²) in [6, 6.07) is 9.55. The summed E-state index contributed by atoms with van der Waals surface area (Å²) in [5, 5.41) is 13.1. The normalized spacial score (nSPS) is 18.0. The summed E-state index contributed by atoms with van der Waals surface area (Å²) in [5.74, 6) is -1.11. The number of ketones is 1. The van der Waals surface area contributed by atoms with Crippen molar-refractivity contribution < 1.29 is 19.4 Å². The minimum Gasteiger partial charge on any atom is -0.507 e. The van der Waals surface area contributed by atoms with Gasteiger partial charge in [0.2, 0.25) is 0 Å². The molecule has 0 aliphatic carbocycles. The van der Waals surface area contributed by atoms with Crippen LogP contribution in [0.4, 0.5) is 5.13 Å². The molecule has 1 unspecified atom stereocenters. The number of ether oxygens (including phenoxy) is 1. The van der Waals surface area contributed by atoms with Crippen molar-refractivity contribution in [2.45, 2.75) is 19.4 Å². The Balaban J connectivity index is 1.89. The molecule has 1 amide bonds. The number of hydrogen-bond donors (Lipinski definition) is 1. The molecule has 152 valence electrons. The van der Waals surface area contributed by atoms with Gasteiger partial charge in [0.15, 0.2) is 5.13 Å². The van der Waals surface area contributed by atoms with Crippen LogP contribution in [-0.4, -0.2) is 33.4 Å². The first-order valence-electron chi connectivity index (χ1n) is 9.45. The molecule has 1 fully saturated rings. The SMILES string of the molecule is CCCOc1cccc(C2/C(=C(\O)c3ccncc3)C(=O)C(=O)N2c2nccs2)c1. The fraction of sp³-hybridized carbons (Fsp3) is 0.182. The molecule has 7 nitrogen and oxygen atoms in total. The fourth-order valence-corrected chi connectivity index (χ4v) is 4.01. The number of aliphatic hydroxyl groups is 1. The molecule has 1 N–H and O–H groups in total. The van der Waals surface area contributed by atoms with Crippen LogP contribution >= 0.6 is 11.3 Å². The minimum atomic E-state index is -0.825. The van der Waals surface area contributed by atoms with Crippen LogP contribution in [0, 0.1) is 0 Å². The third kappa shape index (κ3) is 3.57. The molecule has 1 aliphatic heterocycles. The zero-order valence-electron chi connectivity index (χ0n) is 16.2. The Morgan fingerprint density at radius 2 is 2.00 bits per heavy atom. The van der Waals surface area contributed by atoms with Gasteiger partial charge in [-0.1, -0.05) is 19.1 Å². The van der Waals surface area contributed by atoms with E-state index < -0.39 is 17.7 Å². The Labute approximate surface area is 177 Å². The van der Waals surface area contributed by atoms with Crippen molar-refractivity contribution in [3.63, 3.8) is 0 Å². The first kappa shape index (κ1) is 19.8. The second kappa shape index (κ2) is 8.46. The Hall–Kier alpha value is -3.52. The maximum Gasteiger partial charge on any atom is 0.301 e. The van der Waals surface area contributed by atoms with Gasteiger partial charge in [0.05, 0.1) is 18.2 Å². The molecule has 3 aromatic rings. The molecule has 0 radical (unpaired) electrons. The Bertz CT molecular complexity index is 1100. The predicted octanol–water partition coefficient (Wildman–Crippen LogP) is 3.95. The van der Waals surface area contributed by atoms with E-state index in [0.29, 0.717) is 28.6 Å². The van der Waals surface area contributed by atoms with Crippen molar-refractivity contribution in [3.05, 3.63) is 77.1 Å². The maximum absolute atomic E-state index is 13.0. The van der Waals surface area contributed by atoms with Gasteiger partial charge in [-0.05, 0) is 36.2 Å². The third-order valence-electron chi connectivity index (χ3n) is 4.67. The number of carbonyl (C=O) groups is 2. The van der Waals surface area contributed by atoms with Gasteiger partial charge in [0.25, 0.3) is 5.78 Å². The van der Waals surface area contributed by atoms with Crippen LogP contribution in [0.1, 0.15) is 30.5 Å². The summed E-state index contributed by atoms with van der Waals surface area (Å²) in [7, 11) is 0. The number of pyridine rings is 1. The van der Waals surface area contributed by atoms with Crippen molar-refractivity contribution in [1.82, 2.24) is 9.97 Å². The minimum absolute atomic E-state index is 0.00837. The summed E-state index contributed by atoms with van der Waals surface area (Å²) < 4.78 is 5.73. The quantitative estimate of drug-likeness (QED) is 0.368. The molecule has 2 aromatic heterocycles. The smallest absolute Gasteiger partial charge is 0.301 e. The van der Waals surface area contributed by atoms with Crippen molar-refractivity contribution >= 4 is 33.9 Å². The molecule has 0 spiro atoms. The van der Waals surface area contributed by atoms with E-state index in [-0.39, 0.29) is 11.3 Å². The molecule has 30 heavy (non-hydrogen) atoms. The van der Waals surface area contributed by atoms with Crippen molar-refractivity contribution in [2.75, 3.05) is 11.5 Å². The lowest BCUT2D eigenvalue weighted by Gasteiger charge is -2.23. The van der Waals surface area contributed by atoms with Crippen LogP contribution in [0.25, 0.3) is 5.76 Å². The van der Waals surface area contributed by atoms with Gasteiger partial charge >= 0.3 is 5.91 Å². The first-order valence-corrected chi connectivity index (χ1v) is 10.3. The van der Waals surface area contributed by atoms with Crippen molar-refractivity contribution in [3.8, 4) is 5.75 Å². The van der Waals surface area contributed by atoms with E-state index in [9.17, 15) is 14.7 Å². The molecule has 3 heterocycles. The number of Topliss-reactive ketones (excluding diaryl/α,β-unsaturated/α-hetero) is 1. The van der Waals surface area contributed by atoms with E-state index in [2.05, 4.69) is 9.97 Å². The topological polar surface area (TPSA) is 92.6 Å². The summed E-state index contributed by atoms with van der Waals surface area (Å²) in [6.07, 6.45) is 5.45. The predicted molar refractivity (Wildman–Crippen MR) is 113 cm³/mol. The average Bonchev–Trinajstić information content (AvgIpc) is 3.39. The zero-order chi connectivity index (χ0) is 21.1. The number of aromatic nitrogens is 2. The van der Waals surface area contributed by atoms with Gasteiger partial charge in [-0.2, -0.15) is 0 Å². The first-order chi connectivity index (χ1) is 14.6. The highest BCUT2D eigenvalue weighted by Gasteiger charge is 2.48. The van der Waals surface area contributed by atoms with Crippen LogP contribution in [0.15, 0.2) is 65.9 Å². The molecule has 4 rings (SSSR count). The largest absolute Gasteiger partial charge is 0.507 e. The molecular weight excluding hydrogens is 402 g/mol. The Kier molecular flexibility index (Phi) is 5.58. The van der Waals surface area contributed by atoms with Crippen molar-refractivity contribution in [2.24, 2.45) is 0 Å². The van der Waals surface area contributed by atoms with E-state index in [4.69, 9.17) is 4.74 Å². The monoisotopic (exact) mass is 421 g/mol. The van der Waals surface area contributed by atoms with E-state index >= 15 is 0 Å². The van der Waals surface area contributed by atoms with Crippen molar-refractivity contribution in [1.29, 1.82) is 0 Å². The molecule has 8 heteroatoms. The molecule has 0 saturated carbocycles. The number of anilines is 1. The van der Waals surface area contributed by atoms with Crippen LogP contribution in [0.5, 0.6) is 5.75 Å². The summed E-state index contributed by atoms with van der Waals surface area (Å²) >= 11 is 1.25. The maximum atomic E-state index is 13.0. The average molecular weight is 421 g/mol. The summed E-state index contributed by atoms with van der Waals surface area (Å²) in [6.45, 7) is 2.56. The number of thiazole rings is 1. The summed E-state index contributed by atoms with van der Waals surface area (Å²) in [4.78, 5) is 35.4. The number of benzene rings is 1. The molecule has 1 aromatic carbocycles. The number of hydrogen-bond acceptors (Lipinski definition) is 7. The van der Waals surface area contributed by atoms with Gasteiger partial charge in [-0.25, -0.2) is 4.98 Å². The molecule has 1 aliphatic rings. The van der Waals surface area contributed by atoms with Crippen LogP contribution in [0.2, 0.25) is 0 Å². The second-order valence-corrected chi connectivity index (χ2v) is 7.51. The summed E-state index contributed by atoms with van der Waals surface area (Å²) in [5.41, 5.74) is 1.06. The zero-order valence-corrected chi connectivity index (χ0v) is 17.0. The van der Waals surface area contributed by atoms with E-state index in [1.807, 2.05) is 13.0 Å². The number of carbonyl (C=O) groups excluding carboxylic acids is 2. The molecule has 1 saturated heterocycles. The van der Waals surface area contributed by atoms with E-state index in [1.165, 1.54) is 28.6 Å². The van der Waals surface area contributed by atoms with Gasteiger partial charge < -0.3 is 9.84 Å². The lowest BCUT2D eigenvalue weighted by Crippen LogP contribution is -2.29. The van der Waals surface area contributed by atoms with Crippen LogP contribution < -0.4 is 9.64 Å². The molecule has 1 atom stereocenters. The number of amides is 1. The number of aliphatic hydroxyl groups excluding tert-OH is 1. The molecule has 0 bridgehead atoms. The Morgan fingerprint density at radius 1 is 1.20 bits per heavy atom. The van der Waals surface area contributed by atoms with Gasteiger partial charge in [-0.3, -0.25) is 19.5 Å². The number of rotatable bonds is 6. The lowest BCUT2D eigenvalue weighted by atomic mass is 9.95. The number of nitrogens with zero attached hydrogens (tertiary/aromatic N) is 3. The molecular formula is C22H19N3O4S. The van der Waals surface area contributed by atoms with Gasteiger partial charge in [-0.15, -0.1) is 11.3 Å². The third-order valence-corrected chi connectivity index (χ3v) is 5.44. The highest BCUT2D eigenvalue weighted by Crippen LogP contribution is 2.43.